The number of hydrogen-bond acceptors (Lipinski definition) is 2. The molecule has 15 heavy (non-hydrogen) atoms. The van der Waals surface area contributed by atoms with E-state index in [4.69, 9.17) is 5.73 Å². The Morgan fingerprint density at radius 1 is 1.33 bits per heavy atom. The highest BCUT2D eigenvalue weighted by Crippen LogP contribution is 2.31. The molecule has 0 aromatic heterocycles. The molecule has 2 atom stereocenters. The molecule has 0 spiro atoms. The minimum absolute atomic E-state index is 0.130. The highest BCUT2D eigenvalue weighted by atomic mass is 16.3. The van der Waals surface area contributed by atoms with E-state index in [1.54, 1.807) is 0 Å². The lowest BCUT2D eigenvalue weighted by Crippen LogP contribution is -2.36. The van der Waals surface area contributed by atoms with Crippen molar-refractivity contribution in [3.05, 3.63) is 35.9 Å². The maximum absolute atomic E-state index is 10.5. The summed E-state index contributed by atoms with van der Waals surface area (Å²) in [5.41, 5.74) is 5.86. The third-order valence-electron chi connectivity index (χ3n) is 3.07. The van der Waals surface area contributed by atoms with E-state index in [2.05, 4.69) is 6.92 Å². The van der Waals surface area contributed by atoms with E-state index < -0.39 is 5.60 Å². The van der Waals surface area contributed by atoms with Gasteiger partial charge in [-0.15, -0.1) is 0 Å². The first kappa shape index (κ1) is 12.2. The number of rotatable bonds is 5. The standard InChI is InChI=1S/C13H21NO/c1-3-7-12(10-14)13(2,15)11-8-5-4-6-9-11/h4-6,8-9,12,15H,3,7,10,14H2,1-2H3. The van der Waals surface area contributed by atoms with Crippen LogP contribution in [0.5, 0.6) is 0 Å². The fraction of sp³-hybridized carbons (Fsp3) is 0.538. The van der Waals surface area contributed by atoms with Crippen molar-refractivity contribution < 1.29 is 5.11 Å². The number of hydrogen-bond donors (Lipinski definition) is 2. The second-order valence-corrected chi connectivity index (χ2v) is 4.23. The Labute approximate surface area is 92.1 Å². The van der Waals surface area contributed by atoms with Crippen molar-refractivity contribution in [3.8, 4) is 0 Å². The monoisotopic (exact) mass is 207 g/mol. The number of aliphatic hydroxyl groups is 1. The molecule has 0 aliphatic carbocycles. The van der Waals surface area contributed by atoms with Gasteiger partial charge in [-0.1, -0.05) is 43.7 Å². The summed E-state index contributed by atoms with van der Waals surface area (Å²) in [6.07, 6.45) is 2.00. The first-order valence-electron chi connectivity index (χ1n) is 5.60. The Morgan fingerprint density at radius 3 is 2.40 bits per heavy atom. The Hall–Kier alpha value is -0.860. The van der Waals surface area contributed by atoms with E-state index >= 15 is 0 Å². The van der Waals surface area contributed by atoms with Crippen LogP contribution in [0.4, 0.5) is 0 Å². The average molecular weight is 207 g/mol. The summed E-state index contributed by atoms with van der Waals surface area (Å²) < 4.78 is 0. The fourth-order valence-electron chi connectivity index (χ4n) is 1.99. The third-order valence-corrected chi connectivity index (χ3v) is 3.07. The SMILES string of the molecule is CCCC(CN)C(C)(O)c1ccccc1. The summed E-state index contributed by atoms with van der Waals surface area (Å²) in [5, 5.41) is 10.5. The second-order valence-electron chi connectivity index (χ2n) is 4.23. The van der Waals surface area contributed by atoms with E-state index in [-0.39, 0.29) is 5.92 Å². The van der Waals surface area contributed by atoms with Crippen molar-refractivity contribution in [1.29, 1.82) is 0 Å². The van der Waals surface area contributed by atoms with E-state index in [0.29, 0.717) is 6.54 Å². The van der Waals surface area contributed by atoms with Crippen LogP contribution in [0, 0.1) is 5.92 Å². The molecule has 0 saturated heterocycles. The van der Waals surface area contributed by atoms with Crippen molar-refractivity contribution in [2.75, 3.05) is 6.54 Å². The van der Waals surface area contributed by atoms with E-state index in [0.717, 1.165) is 18.4 Å². The zero-order valence-electron chi connectivity index (χ0n) is 9.61. The summed E-state index contributed by atoms with van der Waals surface area (Å²) in [4.78, 5) is 0. The van der Waals surface area contributed by atoms with Crippen LogP contribution in [0.1, 0.15) is 32.3 Å². The van der Waals surface area contributed by atoms with Gasteiger partial charge in [-0.2, -0.15) is 0 Å². The van der Waals surface area contributed by atoms with Gasteiger partial charge in [-0.25, -0.2) is 0 Å². The van der Waals surface area contributed by atoms with Crippen molar-refractivity contribution in [1.82, 2.24) is 0 Å². The molecule has 0 saturated carbocycles. The molecule has 2 nitrogen and oxygen atoms in total. The van der Waals surface area contributed by atoms with Gasteiger partial charge in [0.1, 0.15) is 0 Å². The molecular formula is C13H21NO. The fourth-order valence-corrected chi connectivity index (χ4v) is 1.99. The van der Waals surface area contributed by atoms with Gasteiger partial charge < -0.3 is 10.8 Å². The topological polar surface area (TPSA) is 46.2 Å². The lowest BCUT2D eigenvalue weighted by molar-refractivity contribution is -0.00627. The minimum Gasteiger partial charge on any atom is -0.385 e. The molecule has 0 bridgehead atoms. The highest BCUT2D eigenvalue weighted by molar-refractivity contribution is 5.22. The first-order valence-corrected chi connectivity index (χ1v) is 5.60. The average Bonchev–Trinajstić information content (AvgIpc) is 2.27. The van der Waals surface area contributed by atoms with Crippen molar-refractivity contribution in [3.63, 3.8) is 0 Å². The molecule has 2 unspecified atom stereocenters. The lowest BCUT2D eigenvalue weighted by Gasteiger charge is -2.32. The van der Waals surface area contributed by atoms with Gasteiger partial charge >= 0.3 is 0 Å². The van der Waals surface area contributed by atoms with Gasteiger partial charge in [-0.3, -0.25) is 0 Å². The van der Waals surface area contributed by atoms with Crippen LogP contribution in [0.3, 0.4) is 0 Å². The molecule has 0 aliphatic rings. The highest BCUT2D eigenvalue weighted by Gasteiger charge is 2.31. The molecule has 0 amide bonds. The van der Waals surface area contributed by atoms with Crippen LogP contribution in [-0.4, -0.2) is 11.7 Å². The second kappa shape index (κ2) is 5.29. The smallest absolute Gasteiger partial charge is 0.0908 e. The Bertz CT molecular complexity index is 282. The molecule has 1 rings (SSSR count). The predicted octanol–water partition coefficient (Wildman–Crippen LogP) is 2.27. The van der Waals surface area contributed by atoms with E-state index in [9.17, 15) is 5.11 Å². The van der Waals surface area contributed by atoms with Crippen LogP contribution in [-0.2, 0) is 5.60 Å². The maximum Gasteiger partial charge on any atom is 0.0908 e. The summed E-state index contributed by atoms with van der Waals surface area (Å²) in [6, 6.07) is 9.76. The van der Waals surface area contributed by atoms with Gasteiger partial charge in [0.05, 0.1) is 5.60 Å². The van der Waals surface area contributed by atoms with Crippen LogP contribution in [0.25, 0.3) is 0 Å². The molecule has 1 aromatic carbocycles. The van der Waals surface area contributed by atoms with Crippen molar-refractivity contribution in [2.24, 2.45) is 11.7 Å². The van der Waals surface area contributed by atoms with E-state index in [1.165, 1.54) is 0 Å². The van der Waals surface area contributed by atoms with Crippen LogP contribution in [0.15, 0.2) is 30.3 Å². The molecular weight excluding hydrogens is 186 g/mol. The molecule has 0 heterocycles. The first-order chi connectivity index (χ1) is 7.12. The summed E-state index contributed by atoms with van der Waals surface area (Å²) in [5.74, 6) is 0.130. The van der Waals surface area contributed by atoms with Crippen molar-refractivity contribution in [2.45, 2.75) is 32.3 Å². The molecule has 3 N–H and O–H groups in total. The zero-order valence-corrected chi connectivity index (χ0v) is 9.61. The molecule has 0 fully saturated rings. The van der Waals surface area contributed by atoms with Gasteiger partial charge in [-0.05, 0) is 25.5 Å². The summed E-state index contributed by atoms with van der Waals surface area (Å²) in [6.45, 7) is 4.50. The Morgan fingerprint density at radius 2 is 1.93 bits per heavy atom. The van der Waals surface area contributed by atoms with Gasteiger partial charge in [0, 0.05) is 5.92 Å². The zero-order chi connectivity index (χ0) is 11.3. The Kier molecular flexibility index (Phi) is 4.30. The maximum atomic E-state index is 10.5. The summed E-state index contributed by atoms with van der Waals surface area (Å²) in [7, 11) is 0. The third kappa shape index (κ3) is 2.80. The largest absolute Gasteiger partial charge is 0.385 e. The molecule has 2 heteroatoms. The minimum atomic E-state index is -0.813. The van der Waals surface area contributed by atoms with E-state index in [1.807, 2.05) is 37.3 Å². The number of benzene rings is 1. The number of nitrogens with two attached hydrogens (primary N) is 1. The van der Waals surface area contributed by atoms with Gasteiger partial charge in [0.25, 0.3) is 0 Å². The lowest BCUT2D eigenvalue weighted by atomic mass is 9.80. The van der Waals surface area contributed by atoms with Crippen LogP contribution >= 0.6 is 0 Å². The molecule has 0 aliphatic heterocycles. The molecule has 0 radical (unpaired) electrons. The quantitative estimate of drug-likeness (QED) is 0.778. The van der Waals surface area contributed by atoms with Gasteiger partial charge in [0.15, 0.2) is 0 Å². The summed E-state index contributed by atoms with van der Waals surface area (Å²) >= 11 is 0. The van der Waals surface area contributed by atoms with Crippen LogP contribution in [0.2, 0.25) is 0 Å². The van der Waals surface area contributed by atoms with Crippen molar-refractivity contribution >= 4 is 0 Å². The van der Waals surface area contributed by atoms with Gasteiger partial charge in [0.2, 0.25) is 0 Å². The molecule has 84 valence electrons. The predicted molar refractivity (Wildman–Crippen MR) is 63.5 cm³/mol. The normalized spacial score (nSPS) is 17.1. The van der Waals surface area contributed by atoms with Crippen LogP contribution < -0.4 is 5.73 Å². The Balaban J connectivity index is 2.89. The molecule has 1 aromatic rings.